The smallest absolute Gasteiger partial charge is 0.118 e. The van der Waals surface area contributed by atoms with Crippen molar-refractivity contribution in [3.05, 3.63) is 29.8 Å². The zero-order valence-corrected chi connectivity index (χ0v) is 11.4. The molecule has 1 aromatic rings. The van der Waals surface area contributed by atoms with Gasteiger partial charge in [0.15, 0.2) is 0 Å². The lowest BCUT2D eigenvalue weighted by molar-refractivity contribution is 0.179. The molecule has 2 N–H and O–H groups in total. The maximum Gasteiger partial charge on any atom is 0.118 e. The maximum absolute atomic E-state index is 5.97. The first-order valence-electron chi connectivity index (χ1n) is 6.82. The minimum Gasteiger partial charge on any atom is -0.497 e. The number of ether oxygens (including phenoxy) is 1. The second kappa shape index (κ2) is 6.21. The lowest BCUT2D eigenvalue weighted by Crippen LogP contribution is -2.37. The highest BCUT2D eigenvalue weighted by Gasteiger charge is 2.25. The molecule has 0 radical (unpaired) electrons. The van der Waals surface area contributed by atoms with Crippen molar-refractivity contribution in [2.45, 2.75) is 37.8 Å². The maximum atomic E-state index is 5.97. The Bertz CT molecular complexity index is 357. The van der Waals surface area contributed by atoms with E-state index in [1.165, 1.54) is 31.2 Å². The zero-order valence-electron chi connectivity index (χ0n) is 11.4. The summed E-state index contributed by atoms with van der Waals surface area (Å²) in [5.74, 6) is 0.901. The molecule has 1 aliphatic rings. The van der Waals surface area contributed by atoms with Crippen LogP contribution in [0.5, 0.6) is 5.75 Å². The van der Waals surface area contributed by atoms with Crippen LogP contribution in [0.1, 0.15) is 37.3 Å². The van der Waals surface area contributed by atoms with Crippen LogP contribution in [0.15, 0.2) is 24.3 Å². The summed E-state index contributed by atoms with van der Waals surface area (Å²) in [6, 6.07) is 9.30. The van der Waals surface area contributed by atoms with E-state index in [1.54, 1.807) is 7.11 Å². The van der Waals surface area contributed by atoms with Gasteiger partial charge in [-0.15, -0.1) is 0 Å². The summed E-state index contributed by atoms with van der Waals surface area (Å²) in [6.45, 7) is 0.666. The normalized spacial score (nSPS) is 18.2. The van der Waals surface area contributed by atoms with E-state index >= 15 is 0 Å². The van der Waals surface area contributed by atoms with Crippen molar-refractivity contribution in [1.82, 2.24) is 4.90 Å². The Morgan fingerprint density at radius 3 is 2.39 bits per heavy atom. The van der Waals surface area contributed by atoms with Crippen molar-refractivity contribution < 1.29 is 4.74 Å². The van der Waals surface area contributed by atoms with Crippen molar-refractivity contribution in [3.63, 3.8) is 0 Å². The van der Waals surface area contributed by atoms with Crippen LogP contribution in [0.2, 0.25) is 0 Å². The molecule has 100 valence electrons. The van der Waals surface area contributed by atoms with Crippen LogP contribution in [0.3, 0.4) is 0 Å². The molecule has 0 spiro atoms. The lowest BCUT2D eigenvalue weighted by atomic mass is 10.0. The number of nitrogens with two attached hydrogens (primary N) is 1. The number of nitrogens with zero attached hydrogens (tertiary/aromatic N) is 1. The number of methoxy groups -OCH3 is 1. The highest BCUT2D eigenvalue weighted by Crippen LogP contribution is 2.29. The molecule has 1 atom stereocenters. The van der Waals surface area contributed by atoms with Crippen LogP contribution in [0.4, 0.5) is 0 Å². The largest absolute Gasteiger partial charge is 0.497 e. The second-order valence-electron chi connectivity index (χ2n) is 5.13. The standard InChI is InChI=1S/C15H24N2O/c1-17(13-5-3-4-6-13)15(11-16)12-7-9-14(18-2)10-8-12/h7-10,13,15H,3-6,11,16H2,1-2H3. The molecule has 1 saturated carbocycles. The number of rotatable bonds is 5. The SMILES string of the molecule is COc1ccc(C(CN)N(C)C2CCCC2)cc1. The number of likely N-dealkylation sites (N-methyl/N-ethyl adjacent to an activating group) is 1. The number of hydrogen-bond acceptors (Lipinski definition) is 3. The first-order chi connectivity index (χ1) is 8.76. The van der Waals surface area contributed by atoms with Crippen LogP contribution >= 0.6 is 0 Å². The fraction of sp³-hybridized carbons (Fsp3) is 0.600. The monoisotopic (exact) mass is 248 g/mol. The lowest BCUT2D eigenvalue weighted by Gasteiger charge is -2.32. The van der Waals surface area contributed by atoms with Gasteiger partial charge >= 0.3 is 0 Å². The number of benzene rings is 1. The van der Waals surface area contributed by atoms with Gasteiger partial charge in [0.25, 0.3) is 0 Å². The highest BCUT2D eigenvalue weighted by molar-refractivity contribution is 5.29. The topological polar surface area (TPSA) is 38.5 Å². The van der Waals surface area contributed by atoms with Gasteiger partial charge in [-0.3, -0.25) is 4.90 Å². The van der Waals surface area contributed by atoms with Gasteiger partial charge in [-0.1, -0.05) is 25.0 Å². The van der Waals surface area contributed by atoms with Gasteiger partial charge in [0.1, 0.15) is 5.75 Å². The van der Waals surface area contributed by atoms with E-state index in [2.05, 4.69) is 24.1 Å². The minimum absolute atomic E-state index is 0.319. The highest BCUT2D eigenvalue weighted by atomic mass is 16.5. The molecule has 3 heteroatoms. The van der Waals surface area contributed by atoms with Crippen molar-refractivity contribution >= 4 is 0 Å². The van der Waals surface area contributed by atoms with Gasteiger partial charge in [-0.2, -0.15) is 0 Å². The van der Waals surface area contributed by atoms with Gasteiger partial charge in [0.2, 0.25) is 0 Å². The van der Waals surface area contributed by atoms with E-state index in [0.717, 1.165) is 5.75 Å². The Labute approximate surface area is 110 Å². The third-order valence-corrected chi connectivity index (χ3v) is 4.12. The van der Waals surface area contributed by atoms with E-state index in [-0.39, 0.29) is 0 Å². The summed E-state index contributed by atoms with van der Waals surface area (Å²) in [4.78, 5) is 2.45. The van der Waals surface area contributed by atoms with Gasteiger partial charge < -0.3 is 10.5 Å². The molecule has 0 heterocycles. The average Bonchev–Trinajstić information content (AvgIpc) is 2.94. The molecular weight excluding hydrogens is 224 g/mol. The van der Waals surface area contributed by atoms with Gasteiger partial charge in [0, 0.05) is 18.6 Å². The molecule has 1 aliphatic carbocycles. The van der Waals surface area contributed by atoms with Crippen LogP contribution in [-0.2, 0) is 0 Å². The van der Waals surface area contributed by atoms with Crippen molar-refractivity contribution in [2.24, 2.45) is 5.73 Å². The summed E-state index contributed by atoms with van der Waals surface area (Å²) in [6.07, 6.45) is 5.33. The molecule has 2 rings (SSSR count). The van der Waals surface area contributed by atoms with E-state index in [1.807, 2.05) is 12.1 Å². The first-order valence-corrected chi connectivity index (χ1v) is 6.82. The molecule has 1 unspecified atom stereocenters. The Kier molecular flexibility index (Phi) is 4.61. The summed E-state index contributed by atoms with van der Waals surface area (Å²) >= 11 is 0. The molecule has 1 aromatic carbocycles. The van der Waals surface area contributed by atoms with Crippen molar-refractivity contribution in [3.8, 4) is 5.75 Å². The predicted octanol–water partition coefficient (Wildman–Crippen LogP) is 2.57. The average molecular weight is 248 g/mol. The molecule has 0 aliphatic heterocycles. The zero-order chi connectivity index (χ0) is 13.0. The number of hydrogen-bond donors (Lipinski definition) is 1. The van der Waals surface area contributed by atoms with Crippen molar-refractivity contribution in [2.75, 3.05) is 20.7 Å². The Morgan fingerprint density at radius 1 is 1.28 bits per heavy atom. The Hall–Kier alpha value is -1.06. The Balaban J connectivity index is 2.10. The molecule has 0 amide bonds. The quantitative estimate of drug-likeness (QED) is 0.870. The molecule has 0 bridgehead atoms. The molecule has 18 heavy (non-hydrogen) atoms. The molecule has 0 saturated heterocycles. The fourth-order valence-electron chi connectivity index (χ4n) is 2.93. The molecule has 3 nitrogen and oxygen atoms in total. The minimum atomic E-state index is 0.319. The Morgan fingerprint density at radius 2 is 1.89 bits per heavy atom. The second-order valence-corrected chi connectivity index (χ2v) is 5.13. The predicted molar refractivity (Wildman–Crippen MR) is 74.8 cm³/mol. The fourth-order valence-corrected chi connectivity index (χ4v) is 2.93. The van der Waals surface area contributed by atoms with E-state index in [4.69, 9.17) is 10.5 Å². The van der Waals surface area contributed by atoms with Crippen LogP contribution in [0, 0.1) is 0 Å². The van der Waals surface area contributed by atoms with Gasteiger partial charge in [-0.25, -0.2) is 0 Å². The summed E-state index contributed by atoms with van der Waals surface area (Å²) in [5.41, 5.74) is 7.26. The summed E-state index contributed by atoms with van der Waals surface area (Å²) in [7, 11) is 3.90. The molecular formula is C15H24N2O. The van der Waals surface area contributed by atoms with Crippen molar-refractivity contribution in [1.29, 1.82) is 0 Å². The van der Waals surface area contributed by atoms with Gasteiger partial charge in [-0.05, 0) is 37.6 Å². The van der Waals surface area contributed by atoms with Crippen LogP contribution in [0.25, 0.3) is 0 Å². The molecule has 1 fully saturated rings. The third kappa shape index (κ3) is 2.85. The molecule has 0 aromatic heterocycles. The van der Waals surface area contributed by atoms with Crippen LogP contribution < -0.4 is 10.5 Å². The summed E-state index contributed by atoms with van der Waals surface area (Å²) in [5, 5.41) is 0. The van der Waals surface area contributed by atoms with E-state index in [0.29, 0.717) is 18.6 Å². The van der Waals surface area contributed by atoms with Gasteiger partial charge in [0.05, 0.1) is 7.11 Å². The van der Waals surface area contributed by atoms with E-state index in [9.17, 15) is 0 Å². The first kappa shape index (κ1) is 13.4. The summed E-state index contributed by atoms with van der Waals surface area (Å²) < 4.78 is 5.20. The van der Waals surface area contributed by atoms with Crippen LogP contribution in [-0.4, -0.2) is 31.6 Å². The third-order valence-electron chi connectivity index (χ3n) is 4.12. The van der Waals surface area contributed by atoms with E-state index < -0.39 is 0 Å².